The normalized spacial score (nSPS) is 10.2. The molecule has 1 aromatic rings. The predicted octanol–water partition coefficient (Wildman–Crippen LogP) is 3.61. The standard InChI is InChI=1S/C11H4ClF3N4O2/c12-8-1-7(11(13,14)15)2-9(19(20)21)10(8)18-5-6(3-16)4-17/h1-2,5,18H. The van der Waals surface area contributed by atoms with Crippen LogP contribution in [0.15, 0.2) is 23.9 Å². The molecule has 1 aromatic carbocycles. The van der Waals surface area contributed by atoms with Crippen LogP contribution >= 0.6 is 11.6 Å². The summed E-state index contributed by atoms with van der Waals surface area (Å²) in [4.78, 5) is 9.77. The highest BCUT2D eigenvalue weighted by atomic mass is 35.5. The van der Waals surface area contributed by atoms with Crippen LogP contribution in [0, 0.1) is 32.8 Å². The number of alkyl halides is 3. The Morgan fingerprint density at radius 3 is 2.38 bits per heavy atom. The topological polar surface area (TPSA) is 103 Å². The van der Waals surface area contributed by atoms with Gasteiger partial charge in [0.2, 0.25) is 0 Å². The zero-order chi connectivity index (χ0) is 16.2. The van der Waals surface area contributed by atoms with Crippen LogP contribution in [0.1, 0.15) is 5.56 Å². The van der Waals surface area contributed by atoms with Crippen LogP contribution in [-0.2, 0) is 6.18 Å². The first-order valence-electron chi connectivity index (χ1n) is 5.02. The summed E-state index contributed by atoms with van der Waals surface area (Å²) in [5.74, 6) is 0. The Balaban J connectivity index is 3.41. The van der Waals surface area contributed by atoms with Gasteiger partial charge in [0, 0.05) is 12.3 Å². The number of nitrogens with zero attached hydrogens (tertiary/aromatic N) is 3. The van der Waals surface area contributed by atoms with Crippen molar-refractivity contribution in [2.24, 2.45) is 0 Å². The molecule has 0 aromatic heterocycles. The second-order valence-corrected chi connectivity index (χ2v) is 3.94. The van der Waals surface area contributed by atoms with Crippen molar-refractivity contribution in [3.63, 3.8) is 0 Å². The van der Waals surface area contributed by atoms with Crippen LogP contribution in [0.4, 0.5) is 24.5 Å². The minimum Gasteiger partial charge on any atom is -0.353 e. The zero-order valence-corrected chi connectivity index (χ0v) is 10.7. The van der Waals surface area contributed by atoms with Gasteiger partial charge in [-0.2, -0.15) is 23.7 Å². The molecule has 0 amide bonds. The Morgan fingerprint density at radius 2 is 1.95 bits per heavy atom. The molecule has 0 saturated carbocycles. The van der Waals surface area contributed by atoms with Crippen LogP contribution in [0.3, 0.4) is 0 Å². The van der Waals surface area contributed by atoms with Crippen molar-refractivity contribution in [3.05, 3.63) is 44.6 Å². The highest BCUT2D eigenvalue weighted by molar-refractivity contribution is 6.33. The number of hydrogen-bond acceptors (Lipinski definition) is 5. The van der Waals surface area contributed by atoms with E-state index in [2.05, 4.69) is 5.32 Å². The van der Waals surface area contributed by atoms with E-state index in [1.807, 2.05) is 0 Å². The first kappa shape index (κ1) is 16.3. The molecule has 21 heavy (non-hydrogen) atoms. The Kier molecular flexibility index (Phi) is 4.74. The lowest BCUT2D eigenvalue weighted by Gasteiger charge is -2.10. The molecular weight excluding hydrogens is 313 g/mol. The van der Waals surface area contributed by atoms with Gasteiger partial charge in [-0.25, -0.2) is 0 Å². The van der Waals surface area contributed by atoms with Crippen molar-refractivity contribution in [2.45, 2.75) is 6.18 Å². The third-order valence-electron chi connectivity index (χ3n) is 2.20. The number of anilines is 1. The van der Waals surface area contributed by atoms with E-state index in [1.165, 1.54) is 12.1 Å². The Labute approximate surface area is 120 Å². The second-order valence-electron chi connectivity index (χ2n) is 3.53. The Hall–Kier alpha value is -2.78. The lowest BCUT2D eigenvalue weighted by molar-refractivity contribution is -0.384. The summed E-state index contributed by atoms with van der Waals surface area (Å²) < 4.78 is 37.7. The van der Waals surface area contributed by atoms with E-state index >= 15 is 0 Å². The molecule has 1 rings (SSSR count). The van der Waals surface area contributed by atoms with Crippen molar-refractivity contribution in [1.29, 1.82) is 10.5 Å². The molecule has 0 aliphatic heterocycles. The van der Waals surface area contributed by atoms with Gasteiger partial charge in [-0.15, -0.1) is 0 Å². The van der Waals surface area contributed by atoms with Gasteiger partial charge in [0.15, 0.2) is 0 Å². The predicted molar refractivity (Wildman–Crippen MR) is 66.0 cm³/mol. The second kappa shape index (κ2) is 6.11. The molecule has 0 saturated heterocycles. The first-order chi connectivity index (χ1) is 9.70. The largest absolute Gasteiger partial charge is 0.416 e. The molecule has 0 atom stereocenters. The number of nitro groups is 1. The molecule has 0 aliphatic carbocycles. The van der Waals surface area contributed by atoms with Crippen LogP contribution in [-0.4, -0.2) is 4.92 Å². The first-order valence-corrected chi connectivity index (χ1v) is 5.40. The summed E-state index contributed by atoms with van der Waals surface area (Å²) in [6.07, 6.45) is -3.99. The lowest BCUT2D eigenvalue weighted by Crippen LogP contribution is -2.07. The Bertz CT molecular complexity index is 685. The summed E-state index contributed by atoms with van der Waals surface area (Å²) in [5.41, 5.74) is -3.09. The van der Waals surface area contributed by atoms with Crippen molar-refractivity contribution < 1.29 is 18.1 Å². The molecule has 0 bridgehead atoms. The number of rotatable bonds is 3. The summed E-state index contributed by atoms with van der Waals surface area (Å²) in [6, 6.07) is 3.75. The van der Waals surface area contributed by atoms with Crippen LogP contribution in [0.25, 0.3) is 0 Å². The molecule has 0 radical (unpaired) electrons. The average Bonchev–Trinajstić information content (AvgIpc) is 2.39. The number of nitro benzene ring substituents is 1. The van der Waals surface area contributed by atoms with E-state index in [-0.39, 0.29) is 0 Å². The summed E-state index contributed by atoms with van der Waals surface area (Å²) in [7, 11) is 0. The van der Waals surface area contributed by atoms with Crippen LogP contribution in [0.5, 0.6) is 0 Å². The molecule has 0 heterocycles. The van der Waals surface area contributed by atoms with Gasteiger partial charge in [-0.05, 0) is 6.07 Å². The van der Waals surface area contributed by atoms with Crippen molar-refractivity contribution >= 4 is 23.0 Å². The van der Waals surface area contributed by atoms with Gasteiger partial charge in [-0.1, -0.05) is 11.6 Å². The molecule has 0 fully saturated rings. The summed E-state index contributed by atoms with van der Waals surface area (Å²) >= 11 is 5.59. The smallest absolute Gasteiger partial charge is 0.353 e. The van der Waals surface area contributed by atoms with Crippen molar-refractivity contribution in [2.75, 3.05) is 5.32 Å². The highest BCUT2D eigenvalue weighted by Crippen LogP contribution is 2.39. The third-order valence-corrected chi connectivity index (χ3v) is 2.49. The van der Waals surface area contributed by atoms with Gasteiger partial charge in [0.25, 0.3) is 5.69 Å². The Morgan fingerprint density at radius 1 is 1.38 bits per heavy atom. The lowest BCUT2D eigenvalue weighted by atomic mass is 10.1. The number of halogens is 4. The monoisotopic (exact) mass is 316 g/mol. The van der Waals surface area contributed by atoms with Gasteiger partial charge in [0.1, 0.15) is 23.4 Å². The van der Waals surface area contributed by atoms with Crippen LogP contribution in [0.2, 0.25) is 5.02 Å². The number of hydrogen-bond donors (Lipinski definition) is 1. The average molecular weight is 317 g/mol. The molecular formula is C11H4ClF3N4O2. The zero-order valence-electron chi connectivity index (χ0n) is 9.90. The van der Waals surface area contributed by atoms with Gasteiger partial charge in [0.05, 0.1) is 15.5 Å². The van der Waals surface area contributed by atoms with Gasteiger partial charge in [-0.3, -0.25) is 10.1 Å². The van der Waals surface area contributed by atoms with E-state index in [0.29, 0.717) is 12.1 Å². The number of allylic oxidation sites excluding steroid dienone is 1. The maximum atomic E-state index is 12.6. The highest BCUT2D eigenvalue weighted by Gasteiger charge is 2.34. The number of nitriles is 2. The van der Waals surface area contributed by atoms with Gasteiger partial charge < -0.3 is 5.32 Å². The third kappa shape index (κ3) is 3.84. The summed E-state index contributed by atoms with van der Waals surface area (Å²) in [5, 5.41) is 29.5. The molecule has 1 N–H and O–H groups in total. The van der Waals surface area contributed by atoms with E-state index in [0.717, 1.165) is 6.20 Å². The minimum absolute atomic E-state index is 0.306. The maximum absolute atomic E-state index is 12.6. The minimum atomic E-state index is -4.80. The molecule has 0 spiro atoms. The molecule has 10 heteroatoms. The SMILES string of the molecule is N#CC(C#N)=CNc1c(Cl)cc(C(F)(F)F)cc1[N+](=O)[O-]. The van der Waals surface area contributed by atoms with E-state index in [4.69, 9.17) is 22.1 Å². The summed E-state index contributed by atoms with van der Waals surface area (Å²) in [6.45, 7) is 0. The number of nitrogens with one attached hydrogen (secondary N) is 1. The number of benzene rings is 1. The quantitative estimate of drug-likeness (QED) is 0.521. The van der Waals surface area contributed by atoms with Gasteiger partial charge >= 0.3 is 6.18 Å². The maximum Gasteiger partial charge on any atom is 0.416 e. The molecule has 108 valence electrons. The van der Waals surface area contributed by atoms with E-state index in [9.17, 15) is 23.3 Å². The molecule has 6 nitrogen and oxygen atoms in total. The molecule has 0 unspecified atom stereocenters. The van der Waals surface area contributed by atoms with E-state index < -0.39 is 38.6 Å². The van der Waals surface area contributed by atoms with Crippen molar-refractivity contribution in [3.8, 4) is 12.1 Å². The fraction of sp³-hybridized carbons (Fsp3) is 0.0909. The fourth-order valence-corrected chi connectivity index (χ4v) is 1.55. The van der Waals surface area contributed by atoms with E-state index in [1.54, 1.807) is 0 Å². The fourth-order valence-electron chi connectivity index (χ4n) is 1.28. The molecule has 0 aliphatic rings. The van der Waals surface area contributed by atoms with Crippen LogP contribution < -0.4 is 5.32 Å². The van der Waals surface area contributed by atoms with Crippen molar-refractivity contribution in [1.82, 2.24) is 0 Å².